The van der Waals surface area contributed by atoms with Gasteiger partial charge in [-0.25, -0.2) is 0 Å². The highest BCUT2D eigenvalue weighted by Gasteiger charge is 2.14. The zero-order chi connectivity index (χ0) is 12.2. The molecule has 0 aromatic heterocycles. The van der Waals surface area contributed by atoms with Crippen LogP contribution in [-0.2, 0) is 11.3 Å². The molecule has 3 rings (SSSR count). The molecular formula is C16H19NO. The zero-order valence-electron chi connectivity index (χ0n) is 10.6. The van der Waals surface area contributed by atoms with Crippen LogP contribution in [0.4, 0.5) is 0 Å². The Balaban J connectivity index is 1.66. The molecule has 1 aliphatic heterocycles. The van der Waals surface area contributed by atoms with Crippen molar-refractivity contribution in [2.45, 2.75) is 25.5 Å². The molecule has 0 unspecified atom stereocenters. The lowest BCUT2D eigenvalue weighted by atomic mass is 10.0. The lowest BCUT2D eigenvalue weighted by Crippen LogP contribution is -2.25. The molecule has 1 heterocycles. The molecule has 1 saturated heterocycles. The van der Waals surface area contributed by atoms with Gasteiger partial charge in [-0.15, -0.1) is 0 Å². The second-order valence-electron chi connectivity index (χ2n) is 4.90. The highest BCUT2D eigenvalue weighted by Crippen LogP contribution is 2.18. The summed E-state index contributed by atoms with van der Waals surface area (Å²) in [5.41, 5.74) is 1.37. The van der Waals surface area contributed by atoms with E-state index >= 15 is 0 Å². The fourth-order valence-corrected chi connectivity index (χ4v) is 2.62. The van der Waals surface area contributed by atoms with Crippen LogP contribution in [0.2, 0.25) is 0 Å². The van der Waals surface area contributed by atoms with Gasteiger partial charge in [0.05, 0.1) is 6.10 Å². The van der Waals surface area contributed by atoms with E-state index in [2.05, 4.69) is 47.8 Å². The topological polar surface area (TPSA) is 21.3 Å². The Kier molecular flexibility index (Phi) is 3.58. The zero-order valence-corrected chi connectivity index (χ0v) is 10.6. The Bertz CT molecular complexity index is 512. The average Bonchev–Trinajstić information content (AvgIpc) is 2.92. The quantitative estimate of drug-likeness (QED) is 0.888. The molecule has 2 heteroatoms. The van der Waals surface area contributed by atoms with E-state index in [-0.39, 0.29) is 0 Å². The minimum Gasteiger partial charge on any atom is -0.377 e. The van der Waals surface area contributed by atoms with E-state index in [9.17, 15) is 0 Å². The fourth-order valence-electron chi connectivity index (χ4n) is 2.62. The summed E-state index contributed by atoms with van der Waals surface area (Å²) < 4.78 is 5.62. The number of fused-ring (bicyclic) bond motifs is 1. The van der Waals surface area contributed by atoms with Crippen molar-refractivity contribution in [2.75, 3.05) is 13.2 Å². The first kappa shape index (κ1) is 11.7. The lowest BCUT2D eigenvalue weighted by Gasteiger charge is -2.12. The van der Waals surface area contributed by atoms with Crippen molar-refractivity contribution in [3.05, 3.63) is 48.0 Å². The van der Waals surface area contributed by atoms with Gasteiger partial charge in [0.15, 0.2) is 0 Å². The van der Waals surface area contributed by atoms with Gasteiger partial charge >= 0.3 is 0 Å². The van der Waals surface area contributed by atoms with Crippen molar-refractivity contribution in [1.29, 1.82) is 0 Å². The molecule has 2 aromatic rings. The molecule has 0 radical (unpaired) electrons. The van der Waals surface area contributed by atoms with Crippen LogP contribution in [0.25, 0.3) is 10.8 Å². The van der Waals surface area contributed by atoms with E-state index in [4.69, 9.17) is 4.74 Å². The number of hydrogen-bond donors (Lipinski definition) is 1. The first-order valence-corrected chi connectivity index (χ1v) is 6.72. The molecule has 0 bridgehead atoms. The summed E-state index contributed by atoms with van der Waals surface area (Å²) in [5, 5.41) is 6.17. The van der Waals surface area contributed by atoms with Gasteiger partial charge < -0.3 is 10.1 Å². The van der Waals surface area contributed by atoms with Gasteiger partial charge in [-0.05, 0) is 29.2 Å². The van der Waals surface area contributed by atoms with Crippen LogP contribution in [0.5, 0.6) is 0 Å². The first-order valence-electron chi connectivity index (χ1n) is 6.72. The van der Waals surface area contributed by atoms with Crippen molar-refractivity contribution in [1.82, 2.24) is 5.32 Å². The van der Waals surface area contributed by atoms with Crippen molar-refractivity contribution in [3.63, 3.8) is 0 Å². The SMILES string of the molecule is c1ccc2c(CNC[C@H]3CCCO3)cccc2c1. The van der Waals surface area contributed by atoms with Crippen LogP contribution in [0, 0.1) is 0 Å². The van der Waals surface area contributed by atoms with E-state index in [1.165, 1.54) is 29.2 Å². The number of benzene rings is 2. The second kappa shape index (κ2) is 5.51. The Labute approximate surface area is 108 Å². The number of nitrogens with one attached hydrogen (secondary N) is 1. The van der Waals surface area contributed by atoms with Gasteiger partial charge in [0.2, 0.25) is 0 Å². The van der Waals surface area contributed by atoms with E-state index in [1.807, 2.05) is 0 Å². The summed E-state index contributed by atoms with van der Waals surface area (Å²) in [6, 6.07) is 15.0. The second-order valence-corrected chi connectivity index (χ2v) is 4.90. The van der Waals surface area contributed by atoms with Gasteiger partial charge in [-0.3, -0.25) is 0 Å². The van der Waals surface area contributed by atoms with E-state index < -0.39 is 0 Å². The van der Waals surface area contributed by atoms with Crippen molar-refractivity contribution < 1.29 is 4.74 Å². The molecule has 0 saturated carbocycles. The van der Waals surface area contributed by atoms with Gasteiger partial charge in [0.1, 0.15) is 0 Å². The van der Waals surface area contributed by atoms with E-state index in [0.29, 0.717) is 6.10 Å². The number of ether oxygens (including phenoxy) is 1. The predicted molar refractivity (Wildman–Crippen MR) is 74.6 cm³/mol. The largest absolute Gasteiger partial charge is 0.377 e. The molecule has 2 nitrogen and oxygen atoms in total. The summed E-state index contributed by atoms with van der Waals surface area (Å²) in [7, 11) is 0. The summed E-state index contributed by atoms with van der Waals surface area (Å²) >= 11 is 0. The summed E-state index contributed by atoms with van der Waals surface area (Å²) in [5.74, 6) is 0. The van der Waals surface area contributed by atoms with Crippen LogP contribution in [0.1, 0.15) is 18.4 Å². The molecule has 1 atom stereocenters. The Hall–Kier alpha value is -1.38. The van der Waals surface area contributed by atoms with Crippen molar-refractivity contribution in [2.24, 2.45) is 0 Å². The maximum atomic E-state index is 5.62. The standard InChI is InChI=1S/C16H19NO/c1-2-9-16-13(5-1)6-3-7-14(16)11-17-12-15-8-4-10-18-15/h1-3,5-7,9,15,17H,4,8,10-12H2/t15-/m1/s1. The number of hydrogen-bond acceptors (Lipinski definition) is 2. The maximum absolute atomic E-state index is 5.62. The molecule has 0 aliphatic carbocycles. The van der Waals surface area contributed by atoms with E-state index in [0.717, 1.165) is 19.7 Å². The van der Waals surface area contributed by atoms with Crippen LogP contribution in [0.15, 0.2) is 42.5 Å². The third kappa shape index (κ3) is 2.55. The molecule has 0 spiro atoms. The average molecular weight is 241 g/mol. The van der Waals surface area contributed by atoms with Crippen molar-refractivity contribution in [3.8, 4) is 0 Å². The Morgan fingerprint density at radius 2 is 2.00 bits per heavy atom. The van der Waals surface area contributed by atoms with Gasteiger partial charge in [-0.2, -0.15) is 0 Å². The maximum Gasteiger partial charge on any atom is 0.0700 e. The van der Waals surface area contributed by atoms with Crippen LogP contribution in [0.3, 0.4) is 0 Å². The Morgan fingerprint density at radius 3 is 2.89 bits per heavy atom. The molecule has 1 fully saturated rings. The van der Waals surface area contributed by atoms with Crippen molar-refractivity contribution >= 4 is 10.8 Å². The van der Waals surface area contributed by atoms with Crippen LogP contribution in [-0.4, -0.2) is 19.3 Å². The molecule has 0 amide bonds. The fraction of sp³-hybridized carbons (Fsp3) is 0.375. The third-order valence-corrected chi connectivity index (χ3v) is 3.59. The summed E-state index contributed by atoms with van der Waals surface area (Å²) in [6.07, 6.45) is 2.82. The molecule has 1 aliphatic rings. The molecule has 94 valence electrons. The van der Waals surface area contributed by atoms with Gasteiger partial charge in [0, 0.05) is 19.7 Å². The molecule has 2 aromatic carbocycles. The van der Waals surface area contributed by atoms with Gasteiger partial charge in [0.25, 0.3) is 0 Å². The predicted octanol–water partition coefficient (Wildman–Crippen LogP) is 3.11. The highest BCUT2D eigenvalue weighted by atomic mass is 16.5. The number of rotatable bonds is 4. The third-order valence-electron chi connectivity index (χ3n) is 3.59. The van der Waals surface area contributed by atoms with E-state index in [1.54, 1.807) is 0 Å². The smallest absolute Gasteiger partial charge is 0.0700 e. The van der Waals surface area contributed by atoms with Gasteiger partial charge in [-0.1, -0.05) is 42.5 Å². The van der Waals surface area contributed by atoms with Crippen LogP contribution >= 0.6 is 0 Å². The van der Waals surface area contributed by atoms with Crippen LogP contribution < -0.4 is 5.32 Å². The highest BCUT2D eigenvalue weighted by molar-refractivity contribution is 5.85. The first-order chi connectivity index (χ1) is 8.93. The summed E-state index contributed by atoms with van der Waals surface area (Å²) in [4.78, 5) is 0. The summed E-state index contributed by atoms with van der Waals surface area (Å²) in [6.45, 7) is 2.81. The normalized spacial score (nSPS) is 19.4. The molecule has 18 heavy (non-hydrogen) atoms. The monoisotopic (exact) mass is 241 g/mol. The Morgan fingerprint density at radius 1 is 1.11 bits per heavy atom. The lowest BCUT2D eigenvalue weighted by molar-refractivity contribution is 0.110. The minimum atomic E-state index is 0.417. The molecule has 1 N–H and O–H groups in total. The molecular weight excluding hydrogens is 222 g/mol. The minimum absolute atomic E-state index is 0.417.